The normalized spacial score (nSPS) is 17.6. The minimum atomic E-state index is -0.938. The van der Waals surface area contributed by atoms with Gasteiger partial charge in [0.1, 0.15) is 23.0 Å². The Kier molecular flexibility index (Phi) is 9.89. The third-order valence-corrected chi connectivity index (χ3v) is 10.2. The van der Waals surface area contributed by atoms with Crippen LogP contribution in [0.1, 0.15) is 86.4 Å². The van der Waals surface area contributed by atoms with Gasteiger partial charge in [0.15, 0.2) is 0 Å². The quantitative estimate of drug-likeness (QED) is 0.157. The van der Waals surface area contributed by atoms with Crippen molar-refractivity contribution in [3.8, 4) is 0 Å². The number of aromatic amines is 1. The van der Waals surface area contributed by atoms with Crippen LogP contribution in [0, 0.1) is 11.8 Å². The average molecular weight is 674 g/mol. The number of halogens is 1. The van der Waals surface area contributed by atoms with Gasteiger partial charge in [-0.15, -0.1) is 0 Å². The van der Waals surface area contributed by atoms with Gasteiger partial charge in [-0.05, 0) is 73.9 Å². The molecule has 0 unspecified atom stereocenters. The van der Waals surface area contributed by atoms with Gasteiger partial charge in [0.25, 0.3) is 5.91 Å². The van der Waals surface area contributed by atoms with E-state index in [1.807, 2.05) is 56.3 Å². The lowest BCUT2D eigenvalue weighted by Gasteiger charge is -2.42. The van der Waals surface area contributed by atoms with Gasteiger partial charge in [-0.25, -0.2) is 4.98 Å². The summed E-state index contributed by atoms with van der Waals surface area (Å²) in [4.78, 5) is 49.1. The van der Waals surface area contributed by atoms with Gasteiger partial charge in [-0.3, -0.25) is 19.1 Å². The van der Waals surface area contributed by atoms with Crippen LogP contribution in [0.15, 0.2) is 54.7 Å². The molecule has 3 amide bonds. The van der Waals surface area contributed by atoms with Crippen LogP contribution in [0.3, 0.4) is 0 Å². The monoisotopic (exact) mass is 673 g/mol. The second-order valence-corrected chi connectivity index (χ2v) is 13.6. The highest BCUT2D eigenvalue weighted by molar-refractivity contribution is 6.31. The number of likely N-dealkylation sites (N-methyl/N-ethyl adjacent to an activating group) is 1. The van der Waals surface area contributed by atoms with Crippen molar-refractivity contribution in [2.75, 3.05) is 19.8 Å². The minimum Gasteiger partial charge on any atom is -0.378 e. The number of rotatable bonds is 13. The molecule has 0 radical (unpaired) electrons. The summed E-state index contributed by atoms with van der Waals surface area (Å²) in [6.45, 7) is 9.48. The molecule has 1 saturated carbocycles. The van der Waals surface area contributed by atoms with Gasteiger partial charge in [-0.2, -0.15) is 5.10 Å². The fourth-order valence-corrected chi connectivity index (χ4v) is 7.19. The molecule has 0 bridgehead atoms. The SMILES string of the molecule is CCNC(=O)[C@H](NC(=O)C1(c2ccc3[nH]c([C@@H](NC(=O)c4ccnn4CC)[C@H](c4ccccc4Cl)C(C)C)nc3c2)COC1)C1CCC1. The van der Waals surface area contributed by atoms with E-state index in [9.17, 15) is 14.4 Å². The smallest absolute Gasteiger partial charge is 0.270 e. The zero-order valence-corrected chi connectivity index (χ0v) is 28.6. The van der Waals surface area contributed by atoms with E-state index in [1.165, 1.54) is 0 Å². The summed E-state index contributed by atoms with van der Waals surface area (Å²) in [5.41, 5.74) is 2.60. The zero-order valence-electron chi connectivity index (χ0n) is 27.9. The summed E-state index contributed by atoms with van der Waals surface area (Å²) in [6, 6.07) is 14.0. The lowest BCUT2D eigenvalue weighted by molar-refractivity contribution is -0.148. The van der Waals surface area contributed by atoms with Gasteiger partial charge >= 0.3 is 0 Å². The Morgan fingerprint density at radius 1 is 1.08 bits per heavy atom. The topological polar surface area (TPSA) is 143 Å². The Morgan fingerprint density at radius 3 is 2.48 bits per heavy atom. The second kappa shape index (κ2) is 14.1. The number of aromatic nitrogens is 4. The molecule has 1 aliphatic heterocycles. The number of carbonyl (C=O) groups is 3. The highest BCUT2D eigenvalue weighted by Gasteiger charge is 2.49. The van der Waals surface area contributed by atoms with Crippen LogP contribution in [0.25, 0.3) is 11.0 Å². The first kappa shape index (κ1) is 33.7. The molecule has 12 heteroatoms. The Morgan fingerprint density at radius 2 is 1.85 bits per heavy atom. The molecule has 1 aliphatic carbocycles. The molecular formula is C36H44ClN7O4. The summed E-state index contributed by atoms with van der Waals surface area (Å²) < 4.78 is 7.28. The molecule has 48 heavy (non-hydrogen) atoms. The number of aryl methyl sites for hydroxylation is 1. The van der Waals surface area contributed by atoms with Crippen LogP contribution in [-0.4, -0.2) is 63.3 Å². The maximum Gasteiger partial charge on any atom is 0.270 e. The van der Waals surface area contributed by atoms with Crippen LogP contribution in [0.2, 0.25) is 5.02 Å². The van der Waals surface area contributed by atoms with E-state index in [1.54, 1.807) is 16.9 Å². The zero-order chi connectivity index (χ0) is 34.0. The van der Waals surface area contributed by atoms with Crippen molar-refractivity contribution in [3.63, 3.8) is 0 Å². The average Bonchev–Trinajstić information content (AvgIpc) is 3.67. The molecule has 2 aromatic carbocycles. The number of nitrogens with zero attached hydrogens (tertiary/aromatic N) is 3. The molecule has 254 valence electrons. The Labute approximate surface area is 285 Å². The molecule has 2 fully saturated rings. The van der Waals surface area contributed by atoms with Gasteiger partial charge < -0.3 is 25.7 Å². The van der Waals surface area contributed by atoms with E-state index in [0.717, 1.165) is 35.9 Å². The van der Waals surface area contributed by atoms with E-state index >= 15 is 0 Å². The van der Waals surface area contributed by atoms with E-state index in [-0.39, 0.29) is 48.7 Å². The second-order valence-electron chi connectivity index (χ2n) is 13.2. The lowest BCUT2D eigenvalue weighted by Crippen LogP contribution is -2.62. The first-order valence-electron chi connectivity index (χ1n) is 16.9. The molecule has 2 aliphatic rings. The summed E-state index contributed by atoms with van der Waals surface area (Å²) >= 11 is 6.75. The number of amides is 3. The van der Waals surface area contributed by atoms with Gasteiger partial charge in [0.05, 0.1) is 30.3 Å². The largest absolute Gasteiger partial charge is 0.378 e. The van der Waals surface area contributed by atoms with Crippen molar-refractivity contribution in [2.24, 2.45) is 11.8 Å². The van der Waals surface area contributed by atoms with Crippen LogP contribution in [0.5, 0.6) is 0 Å². The number of imidazole rings is 1. The molecule has 0 spiro atoms. The van der Waals surface area contributed by atoms with Crippen molar-refractivity contribution < 1.29 is 19.1 Å². The van der Waals surface area contributed by atoms with Crippen LogP contribution < -0.4 is 16.0 Å². The molecule has 4 N–H and O–H groups in total. The number of benzene rings is 2. The molecule has 3 heterocycles. The molecular weight excluding hydrogens is 630 g/mol. The summed E-state index contributed by atoms with van der Waals surface area (Å²) in [6.07, 6.45) is 4.50. The van der Waals surface area contributed by atoms with E-state index in [0.29, 0.717) is 35.1 Å². The number of hydrogen-bond acceptors (Lipinski definition) is 6. The third-order valence-electron chi connectivity index (χ3n) is 9.90. The predicted octanol–water partition coefficient (Wildman–Crippen LogP) is 5.03. The molecule has 11 nitrogen and oxygen atoms in total. The summed E-state index contributed by atoms with van der Waals surface area (Å²) in [5.74, 6) is -0.0897. The molecule has 6 rings (SSSR count). The van der Waals surface area contributed by atoms with Crippen LogP contribution >= 0.6 is 11.6 Å². The molecule has 2 aromatic heterocycles. The van der Waals surface area contributed by atoms with Crippen LogP contribution in [0.4, 0.5) is 0 Å². The maximum atomic E-state index is 13.9. The lowest BCUT2D eigenvalue weighted by atomic mass is 9.75. The van der Waals surface area contributed by atoms with Crippen LogP contribution in [-0.2, 0) is 26.3 Å². The first-order chi connectivity index (χ1) is 23.2. The Balaban J connectivity index is 1.35. The van der Waals surface area contributed by atoms with E-state index in [2.05, 4.69) is 39.9 Å². The first-order valence-corrected chi connectivity index (χ1v) is 17.3. The van der Waals surface area contributed by atoms with Crippen molar-refractivity contribution in [2.45, 2.75) is 76.9 Å². The van der Waals surface area contributed by atoms with E-state index < -0.39 is 17.5 Å². The highest BCUT2D eigenvalue weighted by Crippen LogP contribution is 2.41. The predicted molar refractivity (Wildman–Crippen MR) is 184 cm³/mol. The maximum absolute atomic E-state index is 13.9. The standard InChI is InChI=1S/C36H44ClN7O4/c1-5-38-34(46)30(22-10-9-11-22)43-35(47)36(19-48-20-36)23-14-15-26-27(18-23)41-32(40-26)31(42-33(45)28-16-17-39-44(28)6-2)29(21(3)4)24-12-7-8-13-25(24)37/h7-8,12-18,21-22,29-31H,5-6,9-11,19-20H2,1-4H3,(H,38,46)(H,40,41)(H,42,45)(H,43,47)/t29-,30+,31-/m0/s1. The molecule has 1 saturated heterocycles. The van der Waals surface area contributed by atoms with Gasteiger partial charge in [0.2, 0.25) is 11.8 Å². The summed E-state index contributed by atoms with van der Waals surface area (Å²) in [7, 11) is 0. The van der Waals surface area contributed by atoms with Crippen molar-refractivity contribution in [1.82, 2.24) is 35.7 Å². The highest BCUT2D eigenvalue weighted by atomic mass is 35.5. The minimum absolute atomic E-state index is 0.0719. The third kappa shape index (κ3) is 6.33. The Bertz CT molecular complexity index is 1790. The fourth-order valence-electron chi connectivity index (χ4n) is 6.93. The Hall–Kier alpha value is -4.22. The number of carbonyl (C=O) groups excluding carboxylic acids is 3. The number of H-pyrrole nitrogens is 1. The number of fused-ring (bicyclic) bond motifs is 1. The fraction of sp³-hybridized carbons (Fsp3) is 0.472. The van der Waals surface area contributed by atoms with Crippen molar-refractivity contribution in [1.29, 1.82) is 0 Å². The number of hydrogen-bond donors (Lipinski definition) is 4. The van der Waals surface area contributed by atoms with Gasteiger partial charge in [-0.1, -0.05) is 56.1 Å². The molecule has 4 aromatic rings. The van der Waals surface area contributed by atoms with Crippen molar-refractivity contribution in [3.05, 3.63) is 82.4 Å². The molecule has 3 atom stereocenters. The number of ether oxygens (including phenoxy) is 1. The number of nitrogens with one attached hydrogen (secondary N) is 4. The van der Waals surface area contributed by atoms with Crippen molar-refractivity contribution >= 4 is 40.4 Å². The van der Waals surface area contributed by atoms with Gasteiger partial charge in [0, 0.05) is 30.2 Å². The van der Waals surface area contributed by atoms with E-state index in [4.69, 9.17) is 21.3 Å². The summed E-state index contributed by atoms with van der Waals surface area (Å²) in [5, 5.41) is 14.1.